The van der Waals surface area contributed by atoms with Gasteiger partial charge in [-0.2, -0.15) is 5.10 Å². The number of halogens is 2. The van der Waals surface area contributed by atoms with Crippen molar-refractivity contribution >= 4 is 35.4 Å². The monoisotopic (exact) mass is 364 g/mol. The second-order valence-corrected chi connectivity index (χ2v) is 5.15. The molecule has 9 heteroatoms. The molecule has 7 nitrogen and oxygen atoms in total. The van der Waals surface area contributed by atoms with Crippen molar-refractivity contribution in [3.8, 4) is 5.75 Å². The van der Waals surface area contributed by atoms with E-state index in [4.69, 9.17) is 22.1 Å². The number of hydrogen-bond donors (Lipinski definition) is 3. The van der Waals surface area contributed by atoms with Crippen molar-refractivity contribution in [1.82, 2.24) is 5.43 Å². The van der Waals surface area contributed by atoms with Gasteiger partial charge in [-0.05, 0) is 35.9 Å². The molecule has 0 radical (unpaired) electrons. The molecule has 0 aliphatic carbocycles. The maximum absolute atomic E-state index is 13.5. The number of rotatable bonds is 6. The van der Waals surface area contributed by atoms with E-state index >= 15 is 0 Å². The van der Waals surface area contributed by atoms with Gasteiger partial charge < -0.3 is 15.8 Å². The fraction of sp³-hybridized carbons (Fsp3) is 0.0625. The van der Waals surface area contributed by atoms with Crippen molar-refractivity contribution < 1.29 is 18.7 Å². The average molecular weight is 365 g/mol. The molecule has 0 aromatic heterocycles. The Morgan fingerprint density at radius 3 is 2.72 bits per heavy atom. The van der Waals surface area contributed by atoms with Gasteiger partial charge in [-0.25, -0.2) is 14.6 Å². The molecule has 0 fully saturated rings. The zero-order valence-corrected chi connectivity index (χ0v) is 13.6. The van der Waals surface area contributed by atoms with Crippen LogP contribution in [-0.4, -0.2) is 24.8 Å². The molecular formula is C16H14ClFN4O3. The van der Waals surface area contributed by atoms with Gasteiger partial charge in [0.05, 0.1) is 16.9 Å². The molecule has 3 amide bonds. The number of nitrogens with one attached hydrogen (secondary N) is 2. The summed E-state index contributed by atoms with van der Waals surface area (Å²) in [6.45, 7) is -0.343. The molecule has 25 heavy (non-hydrogen) atoms. The lowest BCUT2D eigenvalue weighted by Gasteiger charge is -2.09. The highest BCUT2D eigenvalue weighted by Crippen LogP contribution is 2.25. The van der Waals surface area contributed by atoms with Crippen LogP contribution in [0.2, 0.25) is 5.02 Å². The predicted molar refractivity (Wildman–Crippen MR) is 92.3 cm³/mol. The number of nitrogens with two attached hydrogens (primary N) is 1. The van der Waals surface area contributed by atoms with Crippen LogP contribution in [0.1, 0.15) is 5.56 Å². The van der Waals surface area contributed by atoms with Gasteiger partial charge in [0.1, 0.15) is 11.6 Å². The molecule has 0 unspecified atom stereocenters. The average Bonchev–Trinajstić information content (AvgIpc) is 2.56. The molecule has 0 saturated heterocycles. The topological polar surface area (TPSA) is 106 Å². The molecule has 0 atom stereocenters. The SMILES string of the molecule is NC(=O)N/N=C\c1ccc(OCC(=O)Nc2ccccc2F)c(Cl)c1. The first kappa shape index (κ1) is 18.2. The van der Waals surface area contributed by atoms with Crippen LogP contribution in [0.5, 0.6) is 5.75 Å². The largest absolute Gasteiger partial charge is 0.482 e. The molecule has 0 aliphatic heterocycles. The third kappa shape index (κ3) is 5.78. The summed E-state index contributed by atoms with van der Waals surface area (Å²) in [5, 5.41) is 6.22. The van der Waals surface area contributed by atoms with Crippen LogP contribution in [0, 0.1) is 5.82 Å². The fourth-order valence-corrected chi connectivity index (χ4v) is 2.02. The number of nitrogens with zero attached hydrogens (tertiary/aromatic N) is 1. The van der Waals surface area contributed by atoms with Crippen molar-refractivity contribution in [3.63, 3.8) is 0 Å². The van der Waals surface area contributed by atoms with Crippen molar-refractivity contribution in [1.29, 1.82) is 0 Å². The minimum atomic E-state index is -0.789. The van der Waals surface area contributed by atoms with E-state index < -0.39 is 17.8 Å². The van der Waals surface area contributed by atoms with E-state index in [1.54, 1.807) is 12.1 Å². The zero-order valence-electron chi connectivity index (χ0n) is 12.8. The fourth-order valence-electron chi connectivity index (χ4n) is 1.78. The normalized spacial score (nSPS) is 10.5. The van der Waals surface area contributed by atoms with Crippen LogP contribution < -0.4 is 21.2 Å². The van der Waals surface area contributed by atoms with E-state index in [2.05, 4.69) is 10.4 Å². The maximum atomic E-state index is 13.5. The van der Waals surface area contributed by atoms with E-state index in [0.29, 0.717) is 5.56 Å². The number of carbonyl (C=O) groups is 2. The van der Waals surface area contributed by atoms with Crippen molar-refractivity contribution in [3.05, 3.63) is 58.9 Å². The number of amides is 3. The number of hydrogen-bond acceptors (Lipinski definition) is 4. The van der Waals surface area contributed by atoms with Crippen molar-refractivity contribution in [2.24, 2.45) is 10.8 Å². The molecule has 2 aromatic rings. The molecule has 0 bridgehead atoms. The van der Waals surface area contributed by atoms with Crippen molar-refractivity contribution in [2.75, 3.05) is 11.9 Å². The first-order valence-corrected chi connectivity index (χ1v) is 7.39. The van der Waals surface area contributed by atoms with E-state index in [9.17, 15) is 14.0 Å². The van der Waals surface area contributed by atoms with Gasteiger partial charge in [0.2, 0.25) is 0 Å². The molecule has 130 valence electrons. The number of ether oxygens (including phenoxy) is 1. The van der Waals surface area contributed by atoms with Gasteiger partial charge in [0.25, 0.3) is 5.91 Å². The molecule has 2 aromatic carbocycles. The van der Waals surface area contributed by atoms with Gasteiger partial charge in [-0.1, -0.05) is 23.7 Å². The number of urea groups is 1. The van der Waals surface area contributed by atoms with E-state index in [0.717, 1.165) is 0 Å². The second kappa shape index (κ2) is 8.65. The summed E-state index contributed by atoms with van der Waals surface area (Å²) in [6, 6.07) is 9.68. The Labute approximate surface area is 147 Å². The molecule has 0 saturated carbocycles. The zero-order chi connectivity index (χ0) is 18.2. The summed E-state index contributed by atoms with van der Waals surface area (Å²) in [6.07, 6.45) is 1.34. The van der Waals surface area contributed by atoms with Crippen LogP contribution in [0.3, 0.4) is 0 Å². The second-order valence-electron chi connectivity index (χ2n) is 4.74. The quantitative estimate of drug-likeness (QED) is 0.541. The number of para-hydroxylation sites is 1. The van der Waals surface area contributed by atoms with Crippen LogP contribution in [0.15, 0.2) is 47.6 Å². The van der Waals surface area contributed by atoms with Crippen molar-refractivity contribution in [2.45, 2.75) is 0 Å². The Kier molecular flexibility index (Phi) is 6.30. The Hall–Kier alpha value is -3.13. The van der Waals surface area contributed by atoms with E-state index in [1.165, 1.54) is 36.5 Å². The van der Waals surface area contributed by atoms with E-state index in [-0.39, 0.29) is 23.1 Å². The number of primary amides is 1. The summed E-state index contributed by atoms with van der Waals surface area (Å²) >= 11 is 6.05. The molecule has 2 rings (SSSR count). The smallest absolute Gasteiger partial charge is 0.332 e. The summed E-state index contributed by atoms with van der Waals surface area (Å²) in [4.78, 5) is 22.3. The van der Waals surface area contributed by atoms with Crippen LogP contribution >= 0.6 is 11.6 Å². The molecular weight excluding hydrogens is 351 g/mol. The minimum absolute atomic E-state index is 0.0655. The first-order valence-electron chi connectivity index (χ1n) is 7.01. The summed E-state index contributed by atoms with van der Waals surface area (Å²) in [5.74, 6) is -0.801. The Morgan fingerprint density at radius 2 is 2.04 bits per heavy atom. The third-order valence-corrected chi connectivity index (χ3v) is 3.15. The first-order chi connectivity index (χ1) is 12.0. The highest BCUT2D eigenvalue weighted by Gasteiger charge is 2.09. The number of hydrazone groups is 1. The summed E-state index contributed by atoms with van der Waals surface area (Å²) in [5.41, 5.74) is 7.57. The number of anilines is 1. The predicted octanol–water partition coefficient (Wildman–Crippen LogP) is 2.50. The van der Waals surface area contributed by atoms with Gasteiger partial charge in [-0.15, -0.1) is 0 Å². The molecule has 0 aliphatic rings. The molecule has 0 heterocycles. The highest BCUT2D eigenvalue weighted by atomic mass is 35.5. The van der Waals surface area contributed by atoms with Gasteiger partial charge in [-0.3, -0.25) is 4.79 Å². The lowest BCUT2D eigenvalue weighted by molar-refractivity contribution is -0.118. The highest BCUT2D eigenvalue weighted by molar-refractivity contribution is 6.32. The Morgan fingerprint density at radius 1 is 1.28 bits per heavy atom. The molecule has 0 spiro atoms. The Bertz CT molecular complexity index is 814. The lowest BCUT2D eigenvalue weighted by atomic mass is 10.2. The maximum Gasteiger partial charge on any atom is 0.332 e. The van der Waals surface area contributed by atoms with E-state index in [1.807, 2.05) is 5.43 Å². The number of benzene rings is 2. The summed E-state index contributed by atoms with van der Waals surface area (Å²) in [7, 11) is 0. The standard InChI is InChI=1S/C16H14ClFN4O3/c17-11-7-10(8-20-22-16(19)24)5-6-14(11)25-9-15(23)21-13-4-2-1-3-12(13)18/h1-8H,9H2,(H,21,23)(H3,19,22,24)/b20-8-. The van der Waals surface area contributed by atoms with Crippen LogP contribution in [0.25, 0.3) is 0 Å². The number of carbonyl (C=O) groups excluding carboxylic acids is 2. The minimum Gasteiger partial charge on any atom is -0.482 e. The van der Waals surface area contributed by atoms with Crippen LogP contribution in [0.4, 0.5) is 14.9 Å². The van der Waals surface area contributed by atoms with Crippen LogP contribution in [-0.2, 0) is 4.79 Å². The summed E-state index contributed by atoms with van der Waals surface area (Å²) < 4.78 is 18.8. The molecule has 4 N–H and O–H groups in total. The Balaban J connectivity index is 1.92. The third-order valence-electron chi connectivity index (χ3n) is 2.85. The van der Waals surface area contributed by atoms with Gasteiger partial charge in [0.15, 0.2) is 6.61 Å². The lowest BCUT2D eigenvalue weighted by Crippen LogP contribution is -2.24. The van der Waals surface area contributed by atoms with Gasteiger partial charge >= 0.3 is 6.03 Å². The van der Waals surface area contributed by atoms with Gasteiger partial charge in [0, 0.05) is 0 Å².